The van der Waals surface area contributed by atoms with E-state index in [0.717, 1.165) is 39.0 Å². The molecule has 2 aliphatic rings. The first-order valence-electron chi connectivity index (χ1n) is 11.1. The smallest absolute Gasteiger partial charge is 0.300 e. The largest absolute Gasteiger partial charge is 0.481 e. The van der Waals surface area contributed by atoms with Gasteiger partial charge in [0.05, 0.1) is 12.1 Å². The van der Waals surface area contributed by atoms with E-state index in [4.69, 9.17) is 14.6 Å². The second kappa shape index (κ2) is 13.0. The molecule has 3 atom stereocenters. The standard InChI is InChI=1S/C19H31N5O3.C2H4O2/c1-2-10-27-17-7-6-14(19(26)22-15-4-3-5-15)11-16(17)23-18(25)8-9-24-12-20-21-13-24;1-2(3)4/h12-17H,2-11H2,1H3,(H,22,26)(H,23,25);1H3,(H,3,4)/t14-,16+,17+;/m0./s1. The van der Waals surface area contributed by atoms with Crippen molar-refractivity contribution in [2.75, 3.05) is 6.61 Å². The molecule has 2 aliphatic carbocycles. The number of aliphatic carboxylic acids is 1. The summed E-state index contributed by atoms with van der Waals surface area (Å²) < 4.78 is 7.74. The van der Waals surface area contributed by atoms with Crippen molar-refractivity contribution in [3.63, 3.8) is 0 Å². The average Bonchev–Trinajstić information content (AvgIpc) is 3.21. The van der Waals surface area contributed by atoms with Crippen LogP contribution >= 0.6 is 0 Å². The van der Waals surface area contributed by atoms with Crippen LogP contribution in [-0.2, 0) is 25.7 Å². The number of ether oxygens (including phenoxy) is 1. The van der Waals surface area contributed by atoms with Crippen molar-refractivity contribution >= 4 is 17.8 Å². The first kappa shape index (κ1) is 24.8. The van der Waals surface area contributed by atoms with Crippen LogP contribution in [0.15, 0.2) is 12.7 Å². The Morgan fingerprint density at radius 3 is 2.39 bits per heavy atom. The van der Waals surface area contributed by atoms with E-state index >= 15 is 0 Å². The minimum absolute atomic E-state index is 0.0171. The van der Waals surface area contributed by atoms with E-state index in [-0.39, 0.29) is 29.9 Å². The highest BCUT2D eigenvalue weighted by Gasteiger charge is 2.36. The number of rotatable bonds is 9. The number of carboxylic acids is 1. The number of hydrogen-bond acceptors (Lipinski definition) is 6. The number of nitrogens with one attached hydrogen (secondary N) is 2. The summed E-state index contributed by atoms with van der Waals surface area (Å²) in [4.78, 5) is 34.0. The van der Waals surface area contributed by atoms with Crippen LogP contribution in [0.1, 0.15) is 65.2 Å². The molecule has 3 rings (SSSR count). The lowest BCUT2D eigenvalue weighted by Crippen LogP contribution is -2.52. The van der Waals surface area contributed by atoms with Crippen molar-refractivity contribution < 1.29 is 24.2 Å². The minimum Gasteiger partial charge on any atom is -0.481 e. The molecular weight excluding hydrogens is 402 g/mol. The van der Waals surface area contributed by atoms with Crippen LogP contribution in [0.2, 0.25) is 0 Å². The summed E-state index contributed by atoms with van der Waals surface area (Å²) in [5, 5.41) is 21.2. The highest BCUT2D eigenvalue weighted by Crippen LogP contribution is 2.28. The van der Waals surface area contributed by atoms with E-state index in [9.17, 15) is 9.59 Å². The maximum Gasteiger partial charge on any atom is 0.300 e. The highest BCUT2D eigenvalue weighted by atomic mass is 16.5. The maximum atomic E-state index is 12.6. The summed E-state index contributed by atoms with van der Waals surface area (Å²) in [7, 11) is 0. The Hall–Kier alpha value is -2.49. The number of carbonyl (C=O) groups is 3. The van der Waals surface area contributed by atoms with Crippen LogP contribution in [0.5, 0.6) is 0 Å². The van der Waals surface area contributed by atoms with Crippen molar-refractivity contribution in [3.05, 3.63) is 12.7 Å². The molecule has 1 aromatic heterocycles. The van der Waals surface area contributed by atoms with E-state index in [1.54, 1.807) is 17.2 Å². The Bertz CT molecular complexity index is 688. The predicted octanol–water partition coefficient (Wildman–Crippen LogP) is 1.51. The van der Waals surface area contributed by atoms with Gasteiger partial charge in [0.25, 0.3) is 5.97 Å². The Morgan fingerprint density at radius 1 is 1.13 bits per heavy atom. The highest BCUT2D eigenvalue weighted by molar-refractivity contribution is 5.80. The van der Waals surface area contributed by atoms with Gasteiger partial charge in [0.15, 0.2) is 0 Å². The van der Waals surface area contributed by atoms with E-state index < -0.39 is 5.97 Å². The average molecular weight is 438 g/mol. The van der Waals surface area contributed by atoms with Gasteiger partial charge in [0, 0.05) is 38.5 Å². The van der Waals surface area contributed by atoms with Crippen molar-refractivity contribution in [2.45, 2.75) is 89.9 Å². The molecule has 0 aromatic carbocycles. The Labute approximate surface area is 183 Å². The normalized spacial score (nSPS) is 23.1. The zero-order valence-corrected chi connectivity index (χ0v) is 18.5. The third kappa shape index (κ3) is 9.04. The molecule has 2 saturated carbocycles. The number of hydrogen-bond donors (Lipinski definition) is 3. The summed E-state index contributed by atoms with van der Waals surface area (Å²) in [6, 6.07) is 0.235. The number of carbonyl (C=O) groups excluding carboxylic acids is 2. The van der Waals surface area contributed by atoms with Gasteiger partial charge in [-0.1, -0.05) is 6.92 Å². The molecular formula is C21H35N5O5. The van der Waals surface area contributed by atoms with E-state index in [0.29, 0.717) is 32.0 Å². The molecule has 174 valence electrons. The quantitative estimate of drug-likeness (QED) is 0.533. The van der Waals surface area contributed by atoms with Gasteiger partial charge in [-0.2, -0.15) is 0 Å². The van der Waals surface area contributed by atoms with Crippen LogP contribution in [0, 0.1) is 5.92 Å². The summed E-state index contributed by atoms with van der Waals surface area (Å²) in [6.07, 6.45) is 10.1. The van der Waals surface area contributed by atoms with Crippen molar-refractivity contribution in [3.8, 4) is 0 Å². The van der Waals surface area contributed by atoms with Crippen LogP contribution in [-0.4, -0.2) is 62.4 Å². The van der Waals surface area contributed by atoms with Gasteiger partial charge in [0.2, 0.25) is 11.8 Å². The SMILES string of the molecule is CC(=O)O.CCCO[C@@H]1CC[C@H](C(=O)NC2CCC2)C[C@H]1NC(=O)CCn1cnnc1. The first-order valence-corrected chi connectivity index (χ1v) is 11.1. The molecule has 2 fully saturated rings. The van der Waals surface area contributed by atoms with Crippen LogP contribution in [0.4, 0.5) is 0 Å². The molecule has 10 nitrogen and oxygen atoms in total. The van der Waals surface area contributed by atoms with Gasteiger partial charge < -0.3 is 25.0 Å². The molecule has 0 bridgehead atoms. The molecule has 31 heavy (non-hydrogen) atoms. The van der Waals surface area contributed by atoms with Gasteiger partial charge in [-0.3, -0.25) is 14.4 Å². The Kier molecular flexibility index (Phi) is 10.4. The molecule has 0 aliphatic heterocycles. The molecule has 2 amide bonds. The number of aryl methyl sites for hydroxylation is 1. The predicted molar refractivity (Wildman–Crippen MR) is 113 cm³/mol. The fraction of sp³-hybridized carbons (Fsp3) is 0.762. The Morgan fingerprint density at radius 2 is 1.81 bits per heavy atom. The van der Waals surface area contributed by atoms with Gasteiger partial charge in [-0.05, 0) is 44.9 Å². The molecule has 0 radical (unpaired) electrons. The molecule has 3 N–H and O–H groups in total. The molecule has 0 unspecified atom stereocenters. The van der Waals surface area contributed by atoms with E-state index in [1.807, 2.05) is 0 Å². The van der Waals surface area contributed by atoms with E-state index in [2.05, 4.69) is 27.8 Å². The summed E-state index contributed by atoms with van der Waals surface area (Å²) in [5.41, 5.74) is 0. The first-order chi connectivity index (χ1) is 14.9. The molecule has 0 spiro atoms. The number of nitrogens with zero attached hydrogens (tertiary/aromatic N) is 3. The fourth-order valence-corrected chi connectivity index (χ4v) is 3.72. The zero-order chi connectivity index (χ0) is 22.6. The van der Waals surface area contributed by atoms with Gasteiger partial charge in [0.1, 0.15) is 12.7 Å². The lowest BCUT2D eigenvalue weighted by Gasteiger charge is -2.37. The van der Waals surface area contributed by atoms with Gasteiger partial charge in [-0.25, -0.2) is 0 Å². The van der Waals surface area contributed by atoms with Crippen LogP contribution in [0.25, 0.3) is 0 Å². The summed E-state index contributed by atoms with van der Waals surface area (Å²) in [6.45, 7) is 4.37. The minimum atomic E-state index is -0.833. The third-order valence-electron chi connectivity index (χ3n) is 5.56. The van der Waals surface area contributed by atoms with Crippen molar-refractivity contribution in [1.29, 1.82) is 0 Å². The fourth-order valence-electron chi connectivity index (χ4n) is 3.72. The van der Waals surface area contributed by atoms with Crippen molar-refractivity contribution in [2.24, 2.45) is 5.92 Å². The number of carboxylic acid groups (broad SMARTS) is 1. The second-order valence-electron chi connectivity index (χ2n) is 8.20. The number of aromatic nitrogens is 3. The molecule has 1 aromatic rings. The maximum absolute atomic E-state index is 12.6. The monoisotopic (exact) mass is 437 g/mol. The summed E-state index contributed by atoms with van der Waals surface area (Å²) >= 11 is 0. The Balaban J connectivity index is 0.000000785. The molecule has 0 saturated heterocycles. The summed E-state index contributed by atoms with van der Waals surface area (Å²) in [5.74, 6) is -0.772. The van der Waals surface area contributed by atoms with Gasteiger partial charge in [-0.15, -0.1) is 10.2 Å². The zero-order valence-electron chi connectivity index (χ0n) is 18.5. The second-order valence-corrected chi connectivity index (χ2v) is 8.20. The number of amides is 2. The van der Waals surface area contributed by atoms with Crippen molar-refractivity contribution in [1.82, 2.24) is 25.4 Å². The molecule has 10 heteroatoms. The topological polar surface area (TPSA) is 135 Å². The molecule has 1 heterocycles. The lowest BCUT2D eigenvalue weighted by atomic mass is 9.82. The van der Waals surface area contributed by atoms with Crippen LogP contribution < -0.4 is 10.6 Å². The third-order valence-corrected chi connectivity index (χ3v) is 5.56. The van der Waals surface area contributed by atoms with Crippen LogP contribution in [0.3, 0.4) is 0 Å². The lowest BCUT2D eigenvalue weighted by molar-refractivity contribution is -0.134. The van der Waals surface area contributed by atoms with Gasteiger partial charge >= 0.3 is 0 Å². The van der Waals surface area contributed by atoms with E-state index in [1.165, 1.54) is 6.42 Å².